The van der Waals surface area contributed by atoms with Gasteiger partial charge in [-0.2, -0.15) is 0 Å². The van der Waals surface area contributed by atoms with Gasteiger partial charge < -0.3 is 10.1 Å². The summed E-state index contributed by atoms with van der Waals surface area (Å²) in [5, 5.41) is 5.09. The molecular weight excluding hydrogens is 415 g/mol. The number of amides is 1. The molecule has 0 spiro atoms. The van der Waals surface area contributed by atoms with Crippen LogP contribution in [0.2, 0.25) is 0 Å². The Bertz CT molecular complexity index is 890. The summed E-state index contributed by atoms with van der Waals surface area (Å²) >= 11 is 1.56. The van der Waals surface area contributed by atoms with Crippen molar-refractivity contribution < 1.29 is 22.3 Å². The molecule has 2 fully saturated rings. The van der Waals surface area contributed by atoms with Crippen LogP contribution in [-0.4, -0.2) is 52.0 Å². The first-order chi connectivity index (χ1) is 14.0. The van der Waals surface area contributed by atoms with Crippen molar-refractivity contribution in [2.75, 3.05) is 20.3 Å². The van der Waals surface area contributed by atoms with Crippen LogP contribution in [0.5, 0.6) is 0 Å². The molecule has 1 aromatic rings. The number of thioether (sulfide) groups is 1. The number of hydrogen-bond acceptors (Lipinski definition) is 5. The summed E-state index contributed by atoms with van der Waals surface area (Å²) in [5.74, 6) is 0.470. The van der Waals surface area contributed by atoms with Crippen molar-refractivity contribution in [3.05, 3.63) is 41.3 Å². The van der Waals surface area contributed by atoms with Gasteiger partial charge in [0, 0.05) is 31.5 Å². The number of allylic oxidation sites excluding steroid dienone is 1. The van der Waals surface area contributed by atoms with Gasteiger partial charge in [-0.25, -0.2) is 17.5 Å². The number of piperidine rings is 1. The molecule has 6 atom stereocenters. The molecule has 0 aromatic heterocycles. The Morgan fingerprint density at radius 2 is 2.03 bits per heavy atom. The summed E-state index contributed by atoms with van der Waals surface area (Å²) in [6.45, 7) is -0.993. The normalized spacial score (nSPS) is 33.8. The number of carbonyl (C=O) groups excluding carboxylic acids is 1. The number of benzene rings is 1. The standard InChI is InChI=1S/C20H25FN2O4S2/c1-27-16-7-6-15-18(14-8-11-28-19(14)20(24)23-15)17(16)12-2-4-13(5-3-12)29(25,26)22-10-9-21/h2-5,8,11,14-19,22H,6-7,9-10H2,1H3,(H,23,24). The molecule has 1 saturated heterocycles. The Hall–Kier alpha value is -1.42. The molecule has 0 bridgehead atoms. The van der Waals surface area contributed by atoms with Gasteiger partial charge in [-0.3, -0.25) is 4.79 Å². The summed E-state index contributed by atoms with van der Waals surface area (Å²) in [5.41, 5.74) is 0.996. The van der Waals surface area contributed by atoms with Crippen molar-refractivity contribution in [1.82, 2.24) is 10.0 Å². The van der Waals surface area contributed by atoms with Crippen molar-refractivity contribution in [1.29, 1.82) is 0 Å². The lowest BCUT2D eigenvalue weighted by molar-refractivity contribution is -0.127. The van der Waals surface area contributed by atoms with E-state index in [4.69, 9.17) is 4.74 Å². The number of fused-ring (bicyclic) bond motifs is 3. The van der Waals surface area contributed by atoms with E-state index in [1.807, 2.05) is 17.5 Å². The number of sulfonamides is 1. The molecule has 2 heterocycles. The van der Waals surface area contributed by atoms with Gasteiger partial charge in [-0.15, -0.1) is 11.8 Å². The van der Waals surface area contributed by atoms with E-state index in [0.717, 1.165) is 18.4 Å². The van der Waals surface area contributed by atoms with Gasteiger partial charge in [0.05, 0.1) is 16.2 Å². The summed E-state index contributed by atoms with van der Waals surface area (Å²) in [6.07, 6.45) is 3.83. The van der Waals surface area contributed by atoms with Gasteiger partial charge in [0.15, 0.2) is 0 Å². The van der Waals surface area contributed by atoms with Crippen LogP contribution in [-0.2, 0) is 19.6 Å². The van der Waals surface area contributed by atoms with E-state index in [-0.39, 0.29) is 52.5 Å². The van der Waals surface area contributed by atoms with E-state index in [2.05, 4.69) is 16.1 Å². The lowest BCUT2D eigenvalue weighted by Crippen LogP contribution is -2.59. The maximum Gasteiger partial charge on any atom is 0.240 e. The Balaban J connectivity index is 1.66. The predicted octanol–water partition coefficient (Wildman–Crippen LogP) is 2.19. The Morgan fingerprint density at radius 1 is 1.28 bits per heavy atom. The summed E-state index contributed by atoms with van der Waals surface area (Å²) in [7, 11) is -2.02. The Morgan fingerprint density at radius 3 is 2.72 bits per heavy atom. The number of halogens is 1. The second-order valence-electron chi connectivity index (χ2n) is 7.69. The molecule has 1 amide bonds. The van der Waals surface area contributed by atoms with Crippen LogP contribution >= 0.6 is 11.8 Å². The Labute approximate surface area is 174 Å². The quantitative estimate of drug-likeness (QED) is 0.708. The lowest BCUT2D eigenvalue weighted by Gasteiger charge is -2.49. The maximum atomic E-state index is 12.5. The summed E-state index contributed by atoms with van der Waals surface area (Å²) < 4.78 is 44.9. The van der Waals surface area contributed by atoms with Crippen LogP contribution in [0.25, 0.3) is 0 Å². The topological polar surface area (TPSA) is 84.5 Å². The predicted molar refractivity (Wildman–Crippen MR) is 110 cm³/mol. The van der Waals surface area contributed by atoms with Gasteiger partial charge in [-0.1, -0.05) is 18.2 Å². The fourth-order valence-electron chi connectivity index (χ4n) is 4.96. The average molecular weight is 441 g/mol. The molecule has 158 valence electrons. The monoisotopic (exact) mass is 440 g/mol. The zero-order valence-electron chi connectivity index (χ0n) is 16.1. The van der Waals surface area contributed by atoms with Crippen molar-refractivity contribution in [2.45, 2.75) is 41.1 Å². The highest BCUT2D eigenvalue weighted by atomic mass is 32.2. The summed E-state index contributed by atoms with van der Waals surface area (Å²) in [4.78, 5) is 12.6. The smallest absolute Gasteiger partial charge is 0.240 e. The minimum absolute atomic E-state index is 0.00183. The number of rotatable bonds is 6. The molecule has 4 rings (SSSR count). The molecule has 6 nitrogen and oxygen atoms in total. The van der Waals surface area contributed by atoms with E-state index >= 15 is 0 Å². The lowest BCUT2D eigenvalue weighted by atomic mass is 9.63. The first-order valence-corrected chi connectivity index (χ1v) is 12.2. The number of methoxy groups -OCH3 is 1. The fraction of sp³-hybridized carbons (Fsp3) is 0.550. The molecule has 1 aliphatic carbocycles. The van der Waals surface area contributed by atoms with E-state index in [1.54, 1.807) is 31.0 Å². The first-order valence-electron chi connectivity index (χ1n) is 9.77. The van der Waals surface area contributed by atoms with Crippen LogP contribution in [0, 0.1) is 11.8 Å². The van der Waals surface area contributed by atoms with E-state index < -0.39 is 16.7 Å². The molecule has 9 heteroatoms. The highest BCUT2D eigenvalue weighted by molar-refractivity contribution is 8.03. The van der Waals surface area contributed by atoms with Gasteiger partial charge in [0.1, 0.15) is 6.67 Å². The molecular formula is C20H25FN2O4S2. The molecule has 29 heavy (non-hydrogen) atoms. The Kier molecular flexibility index (Phi) is 6.02. The van der Waals surface area contributed by atoms with Crippen molar-refractivity contribution in [3.63, 3.8) is 0 Å². The van der Waals surface area contributed by atoms with Gasteiger partial charge in [0.2, 0.25) is 15.9 Å². The van der Waals surface area contributed by atoms with Crippen molar-refractivity contribution >= 4 is 27.7 Å². The third-order valence-corrected chi connectivity index (χ3v) is 8.83. The molecule has 3 aliphatic rings. The minimum atomic E-state index is -3.73. The van der Waals surface area contributed by atoms with E-state index in [0.29, 0.717) is 0 Å². The third-order valence-electron chi connectivity index (χ3n) is 6.21. The van der Waals surface area contributed by atoms with Crippen LogP contribution < -0.4 is 10.0 Å². The second kappa shape index (κ2) is 8.37. The zero-order valence-corrected chi connectivity index (χ0v) is 17.7. The average Bonchev–Trinajstić information content (AvgIpc) is 3.22. The highest BCUT2D eigenvalue weighted by Crippen LogP contribution is 2.50. The number of alkyl halides is 1. The number of ether oxygens (including phenoxy) is 1. The van der Waals surface area contributed by atoms with E-state index in [9.17, 15) is 17.6 Å². The van der Waals surface area contributed by atoms with Gasteiger partial charge >= 0.3 is 0 Å². The van der Waals surface area contributed by atoms with Gasteiger partial charge in [0.25, 0.3) is 0 Å². The molecule has 2 N–H and O–H groups in total. The third kappa shape index (κ3) is 3.85. The van der Waals surface area contributed by atoms with Gasteiger partial charge in [-0.05, 0) is 41.9 Å². The first kappa shape index (κ1) is 20.8. The maximum absolute atomic E-state index is 12.5. The van der Waals surface area contributed by atoms with E-state index in [1.165, 1.54) is 0 Å². The van der Waals surface area contributed by atoms with Crippen LogP contribution in [0.1, 0.15) is 24.3 Å². The van der Waals surface area contributed by atoms with Crippen LogP contribution in [0.3, 0.4) is 0 Å². The minimum Gasteiger partial charge on any atom is -0.381 e. The number of hydrogen-bond donors (Lipinski definition) is 2. The van der Waals surface area contributed by atoms with Crippen molar-refractivity contribution in [2.24, 2.45) is 11.8 Å². The molecule has 0 radical (unpaired) electrons. The number of carbonyl (C=O) groups is 1. The second-order valence-corrected chi connectivity index (χ2v) is 10.5. The molecule has 1 aromatic carbocycles. The van der Waals surface area contributed by atoms with Crippen molar-refractivity contribution in [3.8, 4) is 0 Å². The fourth-order valence-corrected chi connectivity index (χ4v) is 7.05. The zero-order chi connectivity index (χ0) is 20.6. The highest BCUT2D eigenvalue weighted by Gasteiger charge is 2.52. The van der Waals surface area contributed by atoms with Crippen LogP contribution in [0.15, 0.2) is 40.6 Å². The molecule has 1 saturated carbocycles. The van der Waals surface area contributed by atoms with Crippen LogP contribution in [0.4, 0.5) is 4.39 Å². The summed E-state index contributed by atoms with van der Waals surface area (Å²) in [6, 6.07) is 6.84. The molecule has 6 unspecified atom stereocenters. The molecule has 2 aliphatic heterocycles. The largest absolute Gasteiger partial charge is 0.381 e. The number of nitrogens with one attached hydrogen (secondary N) is 2. The SMILES string of the molecule is COC1CCC2NC(=O)C3SC=CC3C2C1c1ccc(S(=O)(=O)NCCF)cc1.